The van der Waals surface area contributed by atoms with Gasteiger partial charge in [-0.05, 0) is 66.9 Å². The van der Waals surface area contributed by atoms with Crippen molar-refractivity contribution in [1.29, 1.82) is 0 Å². The fourth-order valence-corrected chi connectivity index (χ4v) is 3.84. The van der Waals surface area contributed by atoms with E-state index >= 15 is 0 Å². The van der Waals surface area contributed by atoms with E-state index in [9.17, 15) is 14.4 Å². The van der Waals surface area contributed by atoms with Crippen LogP contribution in [0, 0.1) is 13.8 Å². The predicted octanol–water partition coefficient (Wildman–Crippen LogP) is 4.66. The number of imide groups is 1. The lowest BCUT2D eigenvalue weighted by Crippen LogP contribution is -2.32. The Kier molecular flexibility index (Phi) is 5.60. The summed E-state index contributed by atoms with van der Waals surface area (Å²) < 4.78 is 0. The molecule has 3 amide bonds. The lowest BCUT2D eigenvalue weighted by Gasteiger charge is -2.16. The summed E-state index contributed by atoms with van der Waals surface area (Å²) in [5.74, 6) is -1.03. The summed E-state index contributed by atoms with van der Waals surface area (Å²) in [6.07, 6.45) is 0. The van der Waals surface area contributed by atoms with Crippen molar-refractivity contribution in [3.05, 3.63) is 95.2 Å². The van der Waals surface area contributed by atoms with E-state index < -0.39 is 11.8 Å². The molecule has 0 saturated heterocycles. The Morgan fingerprint density at radius 1 is 0.781 bits per heavy atom. The first-order valence-corrected chi connectivity index (χ1v) is 10.2. The lowest BCUT2D eigenvalue weighted by atomic mass is 10.0. The van der Waals surface area contributed by atoms with Gasteiger partial charge in [-0.3, -0.25) is 14.4 Å². The second-order valence-corrected chi connectivity index (χ2v) is 7.79. The van der Waals surface area contributed by atoms with E-state index in [1.807, 2.05) is 62.4 Å². The highest BCUT2D eigenvalue weighted by Crippen LogP contribution is 2.34. The van der Waals surface area contributed by atoms with Crippen LogP contribution in [0.2, 0.25) is 0 Å². The Morgan fingerprint density at radius 3 is 2.00 bits per heavy atom. The van der Waals surface area contributed by atoms with E-state index in [4.69, 9.17) is 0 Å². The van der Waals surface area contributed by atoms with Crippen LogP contribution in [-0.2, 0) is 14.4 Å². The second kappa shape index (κ2) is 8.51. The molecule has 3 aromatic carbocycles. The van der Waals surface area contributed by atoms with Gasteiger partial charge in [-0.25, -0.2) is 4.90 Å². The van der Waals surface area contributed by atoms with Crippen LogP contribution in [0.15, 0.2) is 78.5 Å². The first kappa shape index (κ1) is 21.1. The summed E-state index contributed by atoms with van der Waals surface area (Å²) >= 11 is 0. The molecule has 32 heavy (non-hydrogen) atoms. The van der Waals surface area contributed by atoms with E-state index in [1.54, 1.807) is 24.3 Å². The maximum absolute atomic E-state index is 13.5. The van der Waals surface area contributed by atoms with Crippen molar-refractivity contribution in [3.8, 4) is 0 Å². The summed E-state index contributed by atoms with van der Waals surface area (Å²) in [6.45, 7) is 5.38. The molecular weight excluding hydrogens is 402 g/mol. The molecule has 0 saturated carbocycles. The number of hydrogen-bond donors (Lipinski definition) is 2. The van der Waals surface area contributed by atoms with E-state index in [0.717, 1.165) is 21.7 Å². The van der Waals surface area contributed by atoms with Crippen molar-refractivity contribution in [3.63, 3.8) is 0 Å². The number of nitrogens with one attached hydrogen (secondary N) is 2. The maximum Gasteiger partial charge on any atom is 0.282 e. The van der Waals surface area contributed by atoms with Crippen LogP contribution in [0.25, 0.3) is 5.57 Å². The number of carbonyl (C=O) groups excluding carboxylic acids is 3. The number of amides is 3. The molecule has 0 aliphatic carbocycles. The van der Waals surface area contributed by atoms with Crippen molar-refractivity contribution in [1.82, 2.24) is 0 Å². The van der Waals surface area contributed by atoms with Crippen molar-refractivity contribution in [2.45, 2.75) is 20.8 Å². The third-order valence-corrected chi connectivity index (χ3v) is 5.08. The minimum atomic E-state index is -0.430. The van der Waals surface area contributed by atoms with Gasteiger partial charge in [-0.15, -0.1) is 0 Å². The van der Waals surface area contributed by atoms with Gasteiger partial charge in [0.25, 0.3) is 11.8 Å². The van der Waals surface area contributed by atoms with Gasteiger partial charge in [0.05, 0.1) is 11.3 Å². The third-order valence-electron chi connectivity index (χ3n) is 5.08. The highest BCUT2D eigenvalue weighted by Gasteiger charge is 2.40. The van der Waals surface area contributed by atoms with Crippen LogP contribution in [-0.4, -0.2) is 17.7 Å². The molecule has 160 valence electrons. The number of rotatable bonds is 5. The minimum Gasteiger partial charge on any atom is -0.350 e. The molecule has 0 bridgehead atoms. The largest absolute Gasteiger partial charge is 0.350 e. The van der Waals surface area contributed by atoms with Gasteiger partial charge in [0.2, 0.25) is 5.91 Å². The first-order chi connectivity index (χ1) is 15.3. The Hall–Kier alpha value is -4.19. The standard InChI is InChI=1S/C26H23N3O3/c1-16-13-17(2)15-21(14-16)28-24-23(19-7-5-4-6-8-19)25(31)29(26(24)32)22-11-9-20(10-12-22)27-18(3)30/h4-15,28H,1-3H3,(H,27,30). The molecule has 0 radical (unpaired) electrons. The number of benzene rings is 3. The summed E-state index contributed by atoms with van der Waals surface area (Å²) in [4.78, 5) is 39.3. The smallest absolute Gasteiger partial charge is 0.282 e. The second-order valence-electron chi connectivity index (χ2n) is 7.79. The molecule has 1 heterocycles. The highest BCUT2D eigenvalue weighted by atomic mass is 16.2. The molecule has 6 heteroatoms. The highest BCUT2D eigenvalue weighted by molar-refractivity contribution is 6.46. The zero-order valence-electron chi connectivity index (χ0n) is 18.1. The molecule has 2 N–H and O–H groups in total. The van der Waals surface area contributed by atoms with Crippen LogP contribution in [0.3, 0.4) is 0 Å². The van der Waals surface area contributed by atoms with Crippen LogP contribution in [0.4, 0.5) is 17.1 Å². The average Bonchev–Trinajstić information content (AvgIpc) is 2.98. The number of aryl methyl sites for hydroxylation is 2. The Bertz CT molecular complexity index is 1220. The molecule has 3 aromatic rings. The van der Waals surface area contributed by atoms with Gasteiger partial charge in [0.15, 0.2) is 0 Å². The molecule has 6 nitrogen and oxygen atoms in total. The van der Waals surface area contributed by atoms with Gasteiger partial charge in [-0.2, -0.15) is 0 Å². The molecular formula is C26H23N3O3. The van der Waals surface area contributed by atoms with Gasteiger partial charge < -0.3 is 10.6 Å². The van der Waals surface area contributed by atoms with Crippen molar-refractivity contribution >= 4 is 40.4 Å². The average molecular weight is 425 g/mol. The Labute approximate surface area is 186 Å². The Morgan fingerprint density at radius 2 is 1.41 bits per heavy atom. The van der Waals surface area contributed by atoms with Crippen molar-refractivity contribution in [2.75, 3.05) is 15.5 Å². The van der Waals surface area contributed by atoms with Gasteiger partial charge >= 0.3 is 0 Å². The summed E-state index contributed by atoms with van der Waals surface area (Å²) in [5, 5.41) is 5.88. The lowest BCUT2D eigenvalue weighted by molar-refractivity contribution is -0.120. The summed E-state index contributed by atoms with van der Waals surface area (Å²) in [5.41, 5.74) is 5.08. The molecule has 4 rings (SSSR count). The first-order valence-electron chi connectivity index (χ1n) is 10.2. The molecule has 1 aliphatic heterocycles. The Balaban J connectivity index is 1.75. The maximum atomic E-state index is 13.5. The van der Waals surface area contributed by atoms with Gasteiger partial charge in [0, 0.05) is 18.3 Å². The third kappa shape index (κ3) is 4.16. The van der Waals surface area contributed by atoms with Crippen LogP contribution < -0.4 is 15.5 Å². The number of anilines is 3. The van der Waals surface area contributed by atoms with E-state index in [-0.39, 0.29) is 11.6 Å². The normalized spacial score (nSPS) is 13.5. The molecule has 0 spiro atoms. The van der Waals surface area contributed by atoms with E-state index in [0.29, 0.717) is 22.5 Å². The number of carbonyl (C=O) groups is 3. The van der Waals surface area contributed by atoms with E-state index in [2.05, 4.69) is 10.6 Å². The fraction of sp³-hybridized carbons (Fsp3) is 0.115. The predicted molar refractivity (Wildman–Crippen MR) is 126 cm³/mol. The van der Waals surface area contributed by atoms with Gasteiger partial charge in [0.1, 0.15) is 5.70 Å². The monoisotopic (exact) mass is 425 g/mol. The SMILES string of the molecule is CC(=O)Nc1ccc(N2C(=O)C(Nc3cc(C)cc(C)c3)=C(c3ccccc3)C2=O)cc1. The minimum absolute atomic E-state index is 0.195. The van der Waals surface area contributed by atoms with E-state index in [1.165, 1.54) is 6.92 Å². The zero-order valence-corrected chi connectivity index (χ0v) is 18.1. The van der Waals surface area contributed by atoms with Crippen LogP contribution >= 0.6 is 0 Å². The molecule has 0 atom stereocenters. The summed E-state index contributed by atoms with van der Waals surface area (Å²) in [6, 6.07) is 21.7. The molecule has 0 aromatic heterocycles. The molecule has 0 unspecified atom stereocenters. The van der Waals surface area contributed by atoms with Crippen molar-refractivity contribution in [2.24, 2.45) is 0 Å². The zero-order chi connectivity index (χ0) is 22.8. The topological polar surface area (TPSA) is 78.5 Å². The quantitative estimate of drug-likeness (QED) is 0.583. The van der Waals surface area contributed by atoms with Gasteiger partial charge in [-0.1, -0.05) is 36.4 Å². The summed E-state index contributed by atoms with van der Waals surface area (Å²) in [7, 11) is 0. The van der Waals surface area contributed by atoms with Crippen LogP contribution in [0.5, 0.6) is 0 Å². The van der Waals surface area contributed by atoms with Crippen molar-refractivity contribution < 1.29 is 14.4 Å². The van der Waals surface area contributed by atoms with Crippen LogP contribution in [0.1, 0.15) is 23.6 Å². The fourth-order valence-electron chi connectivity index (χ4n) is 3.84. The molecule has 0 fully saturated rings. The number of hydrogen-bond acceptors (Lipinski definition) is 4. The molecule has 1 aliphatic rings. The number of nitrogens with zero attached hydrogens (tertiary/aromatic N) is 1.